The maximum Gasteiger partial charge on any atom is 0.257 e. The second kappa shape index (κ2) is 6.10. The van der Waals surface area contributed by atoms with Crippen LogP contribution in [-0.4, -0.2) is 36.5 Å². The molecule has 1 N–H and O–H groups in total. The fraction of sp³-hybridized carbons (Fsp3) is 0.500. The van der Waals surface area contributed by atoms with E-state index in [0.717, 1.165) is 25.5 Å². The van der Waals surface area contributed by atoms with Gasteiger partial charge < -0.3 is 10.2 Å². The van der Waals surface area contributed by atoms with Gasteiger partial charge >= 0.3 is 0 Å². The van der Waals surface area contributed by atoms with Crippen molar-refractivity contribution in [3.8, 4) is 0 Å². The summed E-state index contributed by atoms with van der Waals surface area (Å²) >= 11 is 0. The zero-order valence-corrected chi connectivity index (χ0v) is 11.0. The van der Waals surface area contributed by atoms with Crippen LogP contribution in [0.4, 0.5) is 8.78 Å². The number of carbonyl (C=O) groups is 1. The van der Waals surface area contributed by atoms with Gasteiger partial charge in [0.1, 0.15) is 0 Å². The number of nitrogens with one attached hydrogen (secondary N) is 1. The van der Waals surface area contributed by atoms with E-state index in [1.807, 2.05) is 6.92 Å². The summed E-state index contributed by atoms with van der Waals surface area (Å²) in [5.41, 5.74) is -0.180. The van der Waals surface area contributed by atoms with Crippen LogP contribution in [0.2, 0.25) is 0 Å². The molecule has 1 atom stereocenters. The summed E-state index contributed by atoms with van der Waals surface area (Å²) in [5.74, 6) is -2.46. The molecule has 0 radical (unpaired) electrons. The van der Waals surface area contributed by atoms with Crippen molar-refractivity contribution >= 4 is 5.91 Å². The molecule has 0 aromatic heterocycles. The van der Waals surface area contributed by atoms with E-state index in [4.69, 9.17) is 0 Å². The molecule has 104 valence electrons. The van der Waals surface area contributed by atoms with Gasteiger partial charge in [-0.05, 0) is 31.5 Å². The lowest BCUT2D eigenvalue weighted by Crippen LogP contribution is -2.42. The van der Waals surface area contributed by atoms with Crippen molar-refractivity contribution in [1.82, 2.24) is 10.2 Å². The van der Waals surface area contributed by atoms with Crippen LogP contribution in [-0.2, 0) is 0 Å². The highest BCUT2D eigenvalue weighted by molar-refractivity contribution is 5.94. The van der Waals surface area contributed by atoms with Crippen LogP contribution in [0.25, 0.3) is 0 Å². The van der Waals surface area contributed by atoms with Crippen molar-refractivity contribution in [2.75, 3.05) is 19.6 Å². The van der Waals surface area contributed by atoms with E-state index >= 15 is 0 Å². The molecule has 2 rings (SSSR count). The molecule has 1 unspecified atom stereocenters. The van der Waals surface area contributed by atoms with Gasteiger partial charge in [-0.25, -0.2) is 8.78 Å². The highest BCUT2D eigenvalue weighted by Gasteiger charge is 2.28. The molecule has 0 bridgehead atoms. The number of nitrogens with zero attached hydrogens (tertiary/aromatic N) is 1. The zero-order valence-electron chi connectivity index (χ0n) is 11.0. The summed E-state index contributed by atoms with van der Waals surface area (Å²) in [4.78, 5) is 14.0. The molecule has 0 spiro atoms. The first kappa shape index (κ1) is 13.9. The van der Waals surface area contributed by atoms with Crippen LogP contribution >= 0.6 is 0 Å². The largest absolute Gasteiger partial charge is 0.334 e. The summed E-state index contributed by atoms with van der Waals surface area (Å²) in [7, 11) is 0. The summed E-state index contributed by atoms with van der Waals surface area (Å²) in [5, 5.41) is 3.18. The number of hydrogen-bond donors (Lipinski definition) is 1. The number of hydrogen-bond acceptors (Lipinski definition) is 2. The lowest BCUT2D eigenvalue weighted by Gasteiger charge is -2.28. The van der Waals surface area contributed by atoms with E-state index in [9.17, 15) is 13.6 Å². The van der Waals surface area contributed by atoms with Crippen molar-refractivity contribution in [2.24, 2.45) is 0 Å². The van der Waals surface area contributed by atoms with Crippen molar-refractivity contribution in [2.45, 2.75) is 25.8 Å². The standard InChI is InChI=1S/C14H18F2N2O/c1-2-8-18(10-6-7-17-9-10)14(19)11-4-3-5-12(15)13(11)16/h3-5,10,17H,2,6-9H2,1H3. The molecular formula is C14H18F2N2O. The molecule has 0 aliphatic carbocycles. The van der Waals surface area contributed by atoms with Crippen LogP contribution in [0.5, 0.6) is 0 Å². The van der Waals surface area contributed by atoms with E-state index in [1.54, 1.807) is 4.90 Å². The maximum atomic E-state index is 13.7. The smallest absolute Gasteiger partial charge is 0.257 e. The van der Waals surface area contributed by atoms with Gasteiger partial charge in [-0.15, -0.1) is 0 Å². The highest BCUT2D eigenvalue weighted by atomic mass is 19.2. The fourth-order valence-corrected chi connectivity index (χ4v) is 2.42. The van der Waals surface area contributed by atoms with Crippen molar-refractivity contribution < 1.29 is 13.6 Å². The first-order valence-electron chi connectivity index (χ1n) is 6.60. The molecular weight excluding hydrogens is 250 g/mol. The molecule has 1 fully saturated rings. The first-order valence-corrected chi connectivity index (χ1v) is 6.60. The van der Waals surface area contributed by atoms with Gasteiger partial charge in [0.15, 0.2) is 11.6 Å². The molecule has 1 aromatic carbocycles. The van der Waals surface area contributed by atoms with E-state index in [0.29, 0.717) is 13.1 Å². The predicted molar refractivity (Wildman–Crippen MR) is 69.0 cm³/mol. The second-order valence-electron chi connectivity index (χ2n) is 4.75. The lowest BCUT2D eigenvalue weighted by molar-refractivity contribution is 0.0686. The predicted octanol–water partition coefficient (Wildman–Crippen LogP) is 2.18. The van der Waals surface area contributed by atoms with E-state index in [-0.39, 0.29) is 11.6 Å². The SMILES string of the molecule is CCCN(C(=O)c1cccc(F)c1F)C1CCNC1. The third-order valence-electron chi connectivity index (χ3n) is 3.38. The third kappa shape index (κ3) is 2.92. The number of benzene rings is 1. The van der Waals surface area contributed by atoms with Crippen LogP contribution < -0.4 is 5.32 Å². The van der Waals surface area contributed by atoms with E-state index in [1.165, 1.54) is 12.1 Å². The van der Waals surface area contributed by atoms with Crippen LogP contribution in [0.3, 0.4) is 0 Å². The van der Waals surface area contributed by atoms with Gasteiger partial charge in [0, 0.05) is 19.1 Å². The third-order valence-corrected chi connectivity index (χ3v) is 3.38. The Kier molecular flexibility index (Phi) is 4.47. The average Bonchev–Trinajstić information content (AvgIpc) is 2.92. The highest BCUT2D eigenvalue weighted by Crippen LogP contribution is 2.18. The number of rotatable bonds is 4. The summed E-state index contributed by atoms with van der Waals surface area (Å²) < 4.78 is 26.9. The van der Waals surface area contributed by atoms with Gasteiger partial charge in [0.2, 0.25) is 0 Å². The molecule has 1 amide bonds. The van der Waals surface area contributed by atoms with Crippen LogP contribution in [0.1, 0.15) is 30.1 Å². The Morgan fingerprint density at radius 3 is 2.89 bits per heavy atom. The quantitative estimate of drug-likeness (QED) is 0.907. The summed E-state index contributed by atoms with van der Waals surface area (Å²) in [6.45, 7) is 4.08. The molecule has 5 heteroatoms. The Labute approximate surface area is 111 Å². The molecule has 1 aliphatic heterocycles. The number of carbonyl (C=O) groups excluding carboxylic acids is 1. The maximum absolute atomic E-state index is 13.7. The normalized spacial score (nSPS) is 18.6. The minimum absolute atomic E-state index is 0.0649. The van der Waals surface area contributed by atoms with Gasteiger partial charge in [-0.2, -0.15) is 0 Å². The number of halogens is 2. The summed E-state index contributed by atoms with van der Waals surface area (Å²) in [6.07, 6.45) is 1.64. The van der Waals surface area contributed by atoms with Crippen molar-refractivity contribution in [3.05, 3.63) is 35.4 Å². The molecule has 19 heavy (non-hydrogen) atoms. The fourth-order valence-electron chi connectivity index (χ4n) is 2.42. The molecule has 3 nitrogen and oxygen atoms in total. The molecule has 1 aromatic rings. The summed E-state index contributed by atoms with van der Waals surface area (Å²) in [6, 6.07) is 3.79. The topological polar surface area (TPSA) is 32.3 Å². The second-order valence-corrected chi connectivity index (χ2v) is 4.75. The van der Waals surface area contributed by atoms with Gasteiger partial charge in [-0.1, -0.05) is 13.0 Å². The number of amides is 1. The first-order chi connectivity index (χ1) is 9.15. The van der Waals surface area contributed by atoms with E-state index < -0.39 is 17.5 Å². The Morgan fingerprint density at radius 2 is 2.26 bits per heavy atom. The Morgan fingerprint density at radius 1 is 1.47 bits per heavy atom. The monoisotopic (exact) mass is 268 g/mol. The average molecular weight is 268 g/mol. The molecule has 1 saturated heterocycles. The lowest BCUT2D eigenvalue weighted by atomic mass is 10.1. The molecule has 1 aliphatic rings. The Balaban J connectivity index is 2.25. The van der Waals surface area contributed by atoms with Crippen molar-refractivity contribution in [3.63, 3.8) is 0 Å². The van der Waals surface area contributed by atoms with Gasteiger partial charge in [0.05, 0.1) is 5.56 Å². The zero-order chi connectivity index (χ0) is 13.8. The Hall–Kier alpha value is -1.49. The molecule has 0 saturated carbocycles. The van der Waals surface area contributed by atoms with E-state index in [2.05, 4.69) is 5.32 Å². The van der Waals surface area contributed by atoms with Crippen LogP contribution in [0.15, 0.2) is 18.2 Å². The van der Waals surface area contributed by atoms with Crippen molar-refractivity contribution in [1.29, 1.82) is 0 Å². The Bertz CT molecular complexity index is 459. The van der Waals surface area contributed by atoms with Gasteiger partial charge in [-0.3, -0.25) is 4.79 Å². The van der Waals surface area contributed by atoms with Crippen LogP contribution in [0, 0.1) is 11.6 Å². The minimum Gasteiger partial charge on any atom is -0.334 e. The van der Waals surface area contributed by atoms with Gasteiger partial charge in [0.25, 0.3) is 5.91 Å². The molecule has 1 heterocycles. The minimum atomic E-state index is -1.06.